The number of amides is 2. The van der Waals surface area contributed by atoms with E-state index in [9.17, 15) is 18.8 Å². The summed E-state index contributed by atoms with van der Waals surface area (Å²) in [6, 6.07) is 2.15. The highest BCUT2D eigenvalue weighted by atomic mass is 19.1. The summed E-state index contributed by atoms with van der Waals surface area (Å²) in [5, 5.41) is 2.58. The van der Waals surface area contributed by atoms with Crippen molar-refractivity contribution in [2.24, 2.45) is 17.1 Å². The average Bonchev–Trinajstić information content (AvgIpc) is 2.94. The largest absolute Gasteiger partial charge is 0.368 e. The lowest BCUT2D eigenvalue weighted by Crippen LogP contribution is -2.54. The van der Waals surface area contributed by atoms with Gasteiger partial charge in [0.2, 0.25) is 5.91 Å². The van der Waals surface area contributed by atoms with Crippen molar-refractivity contribution in [3.8, 4) is 0 Å². The van der Waals surface area contributed by atoms with Gasteiger partial charge in [-0.25, -0.2) is 18.5 Å². The van der Waals surface area contributed by atoms with Crippen LogP contribution in [0.25, 0.3) is 11.0 Å². The first-order valence-corrected chi connectivity index (χ1v) is 11.0. The third-order valence-corrected chi connectivity index (χ3v) is 5.66. The molecule has 2 unspecified atom stereocenters. The van der Waals surface area contributed by atoms with Crippen molar-refractivity contribution >= 4 is 23.0 Å². The molecule has 0 spiro atoms. The normalized spacial score (nSPS) is 13.9. The Kier molecular flexibility index (Phi) is 8.03. The maximum absolute atomic E-state index is 13.9. The summed E-state index contributed by atoms with van der Waals surface area (Å²) in [6.45, 7) is 9.97. The van der Waals surface area contributed by atoms with Gasteiger partial charge in [0.1, 0.15) is 11.9 Å². The van der Waals surface area contributed by atoms with Gasteiger partial charge in [-0.2, -0.15) is 0 Å². The summed E-state index contributed by atoms with van der Waals surface area (Å²) in [5.74, 6) is -0.775. The molecule has 2 rings (SSSR count). The number of halogens is 1. The predicted molar refractivity (Wildman–Crippen MR) is 120 cm³/mol. The number of carbonyl (C=O) groups is 2. The Morgan fingerprint density at radius 1 is 1.16 bits per heavy atom. The van der Waals surface area contributed by atoms with Gasteiger partial charge in [-0.3, -0.25) is 9.36 Å². The third kappa shape index (κ3) is 5.95. The number of aromatic nitrogens is 2. The van der Waals surface area contributed by atoms with Crippen LogP contribution in [0.2, 0.25) is 0 Å². The zero-order valence-corrected chi connectivity index (χ0v) is 19.2. The number of benzene rings is 1. The van der Waals surface area contributed by atoms with Gasteiger partial charge in [0, 0.05) is 6.54 Å². The van der Waals surface area contributed by atoms with Crippen molar-refractivity contribution in [1.82, 2.24) is 14.5 Å². The Morgan fingerprint density at radius 3 is 2.42 bits per heavy atom. The topological polar surface area (TPSA) is 99.1 Å². The highest BCUT2D eigenvalue weighted by Crippen LogP contribution is 2.21. The molecule has 0 aliphatic carbocycles. The molecule has 2 amide bonds. The van der Waals surface area contributed by atoms with E-state index in [4.69, 9.17) is 5.73 Å². The van der Waals surface area contributed by atoms with Gasteiger partial charge >= 0.3 is 11.7 Å². The van der Waals surface area contributed by atoms with Gasteiger partial charge in [0.05, 0.1) is 11.0 Å². The lowest BCUT2D eigenvalue weighted by Gasteiger charge is -2.28. The van der Waals surface area contributed by atoms with Crippen molar-refractivity contribution in [2.75, 3.05) is 0 Å². The van der Waals surface area contributed by atoms with E-state index >= 15 is 0 Å². The fourth-order valence-corrected chi connectivity index (χ4v) is 3.78. The maximum Gasteiger partial charge on any atom is 0.337 e. The number of nitrogens with two attached hydrogens (primary N) is 1. The second kappa shape index (κ2) is 10.1. The van der Waals surface area contributed by atoms with Crippen LogP contribution in [0.5, 0.6) is 0 Å². The number of rotatable bonds is 9. The van der Waals surface area contributed by atoms with Crippen molar-refractivity contribution in [3.05, 3.63) is 34.5 Å². The number of hydrogen-bond acceptors (Lipinski definition) is 3. The molecule has 1 heterocycles. The zero-order chi connectivity index (χ0) is 23.3. The lowest BCUT2D eigenvalue weighted by molar-refractivity contribution is -0.122. The molecule has 1 aromatic heterocycles. The summed E-state index contributed by atoms with van der Waals surface area (Å²) in [4.78, 5) is 38.0. The Morgan fingerprint density at radius 2 is 1.84 bits per heavy atom. The van der Waals surface area contributed by atoms with Crippen molar-refractivity contribution in [3.63, 3.8) is 0 Å². The molecule has 172 valence electrons. The first-order chi connectivity index (χ1) is 14.5. The number of nitrogens with zero attached hydrogens (tertiary/aromatic N) is 2. The van der Waals surface area contributed by atoms with E-state index < -0.39 is 34.9 Å². The summed E-state index contributed by atoms with van der Waals surface area (Å²) in [7, 11) is 0. The van der Waals surface area contributed by atoms with Crippen LogP contribution in [0.1, 0.15) is 66.7 Å². The predicted octanol–water partition coefficient (Wildman–Crippen LogP) is 4.01. The molecule has 0 bridgehead atoms. The molecule has 2 aromatic rings. The first-order valence-electron chi connectivity index (χ1n) is 11.0. The summed E-state index contributed by atoms with van der Waals surface area (Å²) in [6.07, 6.45) is 5.25. The maximum atomic E-state index is 13.9. The molecular weight excluding hydrogens is 399 g/mol. The van der Waals surface area contributed by atoms with E-state index in [1.807, 2.05) is 0 Å². The van der Waals surface area contributed by atoms with E-state index in [1.54, 1.807) is 20.8 Å². The molecule has 7 nitrogen and oxygen atoms in total. The summed E-state index contributed by atoms with van der Waals surface area (Å²) >= 11 is 0. The van der Waals surface area contributed by atoms with Crippen LogP contribution < -0.4 is 16.7 Å². The third-order valence-electron chi connectivity index (χ3n) is 5.66. The number of unbranched alkanes of at least 4 members (excludes halogenated alkanes) is 2. The quantitative estimate of drug-likeness (QED) is 0.583. The van der Waals surface area contributed by atoms with Gasteiger partial charge in [-0.1, -0.05) is 60.3 Å². The SMILES string of the molecule is CCCCCC(C)CCn1c(=O)n(C(=O)NC(C(N)=O)C(C)(C)C)c2ccc(F)cc21. The van der Waals surface area contributed by atoms with E-state index in [2.05, 4.69) is 19.2 Å². The molecule has 31 heavy (non-hydrogen) atoms. The van der Waals surface area contributed by atoms with E-state index in [0.29, 0.717) is 23.5 Å². The zero-order valence-electron chi connectivity index (χ0n) is 19.2. The summed E-state index contributed by atoms with van der Waals surface area (Å²) in [5.41, 5.74) is 4.91. The van der Waals surface area contributed by atoms with Crippen LogP contribution in [0.15, 0.2) is 23.0 Å². The Hall–Kier alpha value is -2.64. The number of nitrogens with one attached hydrogen (secondary N) is 1. The van der Waals surface area contributed by atoms with Gasteiger partial charge in [0.15, 0.2) is 0 Å². The highest BCUT2D eigenvalue weighted by molar-refractivity contribution is 5.92. The molecule has 1 aromatic carbocycles. The summed E-state index contributed by atoms with van der Waals surface area (Å²) < 4.78 is 16.3. The van der Waals surface area contributed by atoms with Gasteiger partial charge < -0.3 is 11.1 Å². The fraction of sp³-hybridized carbons (Fsp3) is 0.609. The van der Waals surface area contributed by atoms with Crippen LogP contribution in [-0.2, 0) is 11.3 Å². The lowest BCUT2D eigenvalue weighted by atomic mass is 9.86. The monoisotopic (exact) mass is 434 g/mol. The minimum atomic E-state index is -0.968. The Balaban J connectivity index is 2.38. The fourth-order valence-electron chi connectivity index (χ4n) is 3.78. The van der Waals surface area contributed by atoms with Crippen LogP contribution in [0.4, 0.5) is 9.18 Å². The molecule has 0 saturated heterocycles. The highest BCUT2D eigenvalue weighted by Gasteiger charge is 2.32. The van der Waals surface area contributed by atoms with Crippen molar-refractivity contribution < 1.29 is 14.0 Å². The minimum absolute atomic E-state index is 0.291. The standard InChI is InChI=1S/C23H35FN4O3/c1-6-7-8-9-15(2)12-13-27-18-14-16(24)10-11-17(18)28(22(27)31)21(30)26-19(20(25)29)23(3,4)5/h10-11,14-15,19H,6-9,12-13H2,1-5H3,(H2,25,29)(H,26,30). The van der Waals surface area contributed by atoms with Gasteiger partial charge in [0.25, 0.3) is 0 Å². The average molecular weight is 435 g/mol. The van der Waals surface area contributed by atoms with Crippen LogP contribution in [-0.4, -0.2) is 27.1 Å². The second-order valence-corrected chi connectivity index (χ2v) is 9.44. The molecule has 0 radical (unpaired) electrons. The molecular formula is C23H35FN4O3. The smallest absolute Gasteiger partial charge is 0.337 e. The molecule has 3 N–H and O–H groups in total. The number of primary amides is 1. The molecule has 0 aliphatic heterocycles. The second-order valence-electron chi connectivity index (χ2n) is 9.44. The molecule has 8 heteroatoms. The number of imidazole rings is 1. The van der Waals surface area contributed by atoms with Crippen LogP contribution in [0, 0.1) is 17.2 Å². The Bertz CT molecular complexity index is 987. The molecule has 2 atom stereocenters. The molecule has 0 aliphatic rings. The number of carbonyl (C=O) groups excluding carboxylic acids is 2. The van der Waals surface area contributed by atoms with E-state index in [0.717, 1.165) is 30.3 Å². The Labute approximate surface area is 182 Å². The van der Waals surface area contributed by atoms with Crippen molar-refractivity contribution in [1.29, 1.82) is 0 Å². The van der Waals surface area contributed by atoms with Gasteiger partial charge in [-0.15, -0.1) is 0 Å². The van der Waals surface area contributed by atoms with Crippen LogP contribution in [0.3, 0.4) is 0 Å². The number of aryl methyl sites for hydroxylation is 1. The van der Waals surface area contributed by atoms with Crippen molar-refractivity contribution in [2.45, 2.75) is 79.3 Å². The molecule has 0 saturated carbocycles. The number of fused-ring (bicyclic) bond motifs is 1. The first kappa shape index (κ1) is 24.6. The van der Waals surface area contributed by atoms with E-state index in [1.165, 1.54) is 29.2 Å². The molecule has 0 fully saturated rings. The van der Waals surface area contributed by atoms with Gasteiger partial charge in [-0.05, 0) is 36.0 Å². The minimum Gasteiger partial charge on any atom is -0.368 e. The van der Waals surface area contributed by atoms with E-state index in [-0.39, 0.29) is 0 Å². The van der Waals surface area contributed by atoms with Crippen LogP contribution >= 0.6 is 0 Å². The number of hydrogen-bond donors (Lipinski definition) is 2.